The molecule has 1 aliphatic heterocycles. The maximum absolute atomic E-state index is 12.0. The minimum Gasteiger partial charge on any atom is -0.367 e. The van der Waals surface area contributed by atoms with E-state index in [4.69, 9.17) is 4.74 Å². The molecular formula is C12H18N4O5S. The Kier molecular flexibility index (Phi) is 4.94. The number of aryl methyl sites for hydroxylation is 1. The lowest BCUT2D eigenvalue weighted by atomic mass is 10.2. The summed E-state index contributed by atoms with van der Waals surface area (Å²) in [6, 6.07) is 1.37. The van der Waals surface area contributed by atoms with Gasteiger partial charge in [-0.2, -0.15) is 0 Å². The fourth-order valence-electron chi connectivity index (χ4n) is 2.10. The van der Waals surface area contributed by atoms with Gasteiger partial charge in [0.15, 0.2) is 0 Å². The summed E-state index contributed by atoms with van der Waals surface area (Å²) in [5, 5.41) is 0. The number of nitrogens with zero attached hydrogens (tertiary/aromatic N) is 2. The van der Waals surface area contributed by atoms with Gasteiger partial charge in [0.1, 0.15) is 11.9 Å². The number of hydrogen-bond donors (Lipinski definition) is 2. The van der Waals surface area contributed by atoms with Gasteiger partial charge in [-0.05, 0) is 6.92 Å². The van der Waals surface area contributed by atoms with Crippen LogP contribution in [0.25, 0.3) is 0 Å². The number of ether oxygens (including phenoxy) is 1. The number of amides is 1. The quantitative estimate of drug-likeness (QED) is 0.695. The molecule has 2 heterocycles. The first-order chi connectivity index (χ1) is 10.2. The van der Waals surface area contributed by atoms with E-state index in [2.05, 4.69) is 14.7 Å². The summed E-state index contributed by atoms with van der Waals surface area (Å²) in [7, 11) is -3.42. The summed E-state index contributed by atoms with van der Waals surface area (Å²) in [5.41, 5.74) is 0.276. The highest BCUT2D eigenvalue weighted by Crippen LogP contribution is 2.18. The topological polar surface area (TPSA) is 121 Å². The first-order valence-electron chi connectivity index (χ1n) is 6.66. The van der Waals surface area contributed by atoms with Crippen LogP contribution in [-0.2, 0) is 19.6 Å². The first kappa shape index (κ1) is 16.6. The van der Waals surface area contributed by atoms with Crippen molar-refractivity contribution in [3.63, 3.8) is 0 Å². The molecule has 1 saturated heterocycles. The number of nitrogens with one attached hydrogen (secondary N) is 2. The lowest BCUT2D eigenvalue weighted by molar-refractivity contribution is -0.138. The van der Waals surface area contributed by atoms with Crippen LogP contribution in [0.2, 0.25) is 0 Å². The summed E-state index contributed by atoms with van der Waals surface area (Å²) in [5.74, 6) is 0.00676. The SMILES string of the molecule is Cc1cc(=O)[nH]c(C2CN(C(=O)CNS(C)(=O)=O)CCO2)n1. The van der Waals surface area contributed by atoms with Gasteiger partial charge in [-0.3, -0.25) is 9.59 Å². The Bertz CT molecular complexity index is 714. The Morgan fingerprint density at radius 2 is 2.32 bits per heavy atom. The predicted octanol–water partition coefficient (Wildman–Crippen LogP) is -1.47. The van der Waals surface area contributed by atoms with Crippen LogP contribution in [0, 0.1) is 6.92 Å². The maximum atomic E-state index is 12.0. The number of morpholine rings is 1. The summed E-state index contributed by atoms with van der Waals surface area (Å²) in [6.45, 7) is 2.24. The number of carbonyl (C=O) groups is 1. The van der Waals surface area contributed by atoms with E-state index in [1.54, 1.807) is 6.92 Å². The van der Waals surface area contributed by atoms with E-state index in [9.17, 15) is 18.0 Å². The van der Waals surface area contributed by atoms with E-state index in [0.717, 1.165) is 6.26 Å². The van der Waals surface area contributed by atoms with Crippen LogP contribution in [0.15, 0.2) is 10.9 Å². The zero-order valence-corrected chi connectivity index (χ0v) is 13.1. The zero-order valence-electron chi connectivity index (χ0n) is 12.3. The molecule has 1 amide bonds. The molecule has 122 valence electrons. The number of aromatic amines is 1. The van der Waals surface area contributed by atoms with Gasteiger partial charge < -0.3 is 14.6 Å². The Morgan fingerprint density at radius 1 is 1.59 bits per heavy atom. The number of aromatic nitrogens is 2. The molecule has 0 saturated carbocycles. The van der Waals surface area contributed by atoms with Gasteiger partial charge >= 0.3 is 0 Å². The standard InChI is InChI=1S/C12H18N4O5S/c1-8-5-10(17)15-12(14-8)9-7-16(3-4-21-9)11(18)6-13-22(2,19)20/h5,9,13H,3-4,6-7H2,1-2H3,(H,14,15,17). The van der Waals surface area contributed by atoms with Crippen molar-refractivity contribution in [3.8, 4) is 0 Å². The molecule has 2 rings (SSSR count). The van der Waals surface area contributed by atoms with Crippen molar-refractivity contribution >= 4 is 15.9 Å². The van der Waals surface area contributed by atoms with Gasteiger partial charge in [0, 0.05) is 18.3 Å². The molecule has 22 heavy (non-hydrogen) atoms. The van der Waals surface area contributed by atoms with Gasteiger partial charge in [-0.25, -0.2) is 18.1 Å². The van der Waals surface area contributed by atoms with Crippen LogP contribution in [0.4, 0.5) is 0 Å². The summed E-state index contributed by atoms with van der Waals surface area (Å²) >= 11 is 0. The molecule has 1 atom stereocenters. The highest BCUT2D eigenvalue weighted by molar-refractivity contribution is 7.88. The molecule has 0 radical (unpaired) electrons. The van der Waals surface area contributed by atoms with Crippen LogP contribution in [0.1, 0.15) is 17.6 Å². The fraction of sp³-hybridized carbons (Fsp3) is 0.583. The molecule has 9 nitrogen and oxygen atoms in total. The number of carbonyl (C=O) groups excluding carboxylic acids is 1. The first-order valence-corrected chi connectivity index (χ1v) is 8.55. The monoisotopic (exact) mass is 330 g/mol. The minimum atomic E-state index is -3.42. The van der Waals surface area contributed by atoms with Crippen LogP contribution >= 0.6 is 0 Å². The highest BCUT2D eigenvalue weighted by Gasteiger charge is 2.27. The average Bonchev–Trinajstić information content (AvgIpc) is 2.43. The second-order valence-electron chi connectivity index (χ2n) is 5.06. The number of rotatable bonds is 4. The lowest BCUT2D eigenvalue weighted by Gasteiger charge is -2.32. The second-order valence-corrected chi connectivity index (χ2v) is 6.90. The molecule has 2 N–H and O–H groups in total. The van der Waals surface area contributed by atoms with E-state index in [1.807, 2.05) is 0 Å². The lowest BCUT2D eigenvalue weighted by Crippen LogP contribution is -2.46. The molecule has 1 aliphatic rings. The Labute approximate surface area is 127 Å². The number of H-pyrrole nitrogens is 1. The third-order valence-electron chi connectivity index (χ3n) is 3.10. The molecule has 10 heteroatoms. The van der Waals surface area contributed by atoms with E-state index in [1.165, 1.54) is 11.0 Å². The maximum Gasteiger partial charge on any atom is 0.251 e. The zero-order chi connectivity index (χ0) is 16.3. The normalized spacial score (nSPS) is 19.2. The Hall–Kier alpha value is -1.78. The van der Waals surface area contributed by atoms with Crippen molar-refractivity contribution in [2.75, 3.05) is 32.5 Å². The smallest absolute Gasteiger partial charge is 0.251 e. The Balaban J connectivity index is 2.05. The third-order valence-corrected chi connectivity index (χ3v) is 3.77. The van der Waals surface area contributed by atoms with Crippen molar-refractivity contribution in [2.45, 2.75) is 13.0 Å². The van der Waals surface area contributed by atoms with Crippen LogP contribution in [0.5, 0.6) is 0 Å². The van der Waals surface area contributed by atoms with Crippen molar-refractivity contribution < 1.29 is 17.9 Å². The average molecular weight is 330 g/mol. The van der Waals surface area contributed by atoms with Gasteiger partial charge in [-0.1, -0.05) is 0 Å². The van der Waals surface area contributed by atoms with E-state index in [-0.39, 0.29) is 31.2 Å². The van der Waals surface area contributed by atoms with E-state index >= 15 is 0 Å². The van der Waals surface area contributed by atoms with Gasteiger partial charge in [0.05, 0.1) is 26.0 Å². The third kappa shape index (κ3) is 4.61. The van der Waals surface area contributed by atoms with E-state index in [0.29, 0.717) is 18.1 Å². The largest absolute Gasteiger partial charge is 0.367 e. The van der Waals surface area contributed by atoms with Crippen LogP contribution in [0.3, 0.4) is 0 Å². The summed E-state index contributed by atoms with van der Waals surface area (Å²) in [6.07, 6.45) is 0.451. The predicted molar refractivity (Wildman–Crippen MR) is 77.7 cm³/mol. The van der Waals surface area contributed by atoms with Crippen LogP contribution in [-0.4, -0.2) is 61.7 Å². The molecule has 0 aromatic carbocycles. The van der Waals surface area contributed by atoms with Crippen molar-refractivity contribution in [1.82, 2.24) is 19.6 Å². The number of sulfonamides is 1. The molecule has 0 spiro atoms. The molecule has 0 aliphatic carbocycles. The fourth-order valence-corrected chi connectivity index (χ4v) is 2.49. The molecule has 1 aromatic rings. The van der Waals surface area contributed by atoms with Gasteiger partial charge in [0.25, 0.3) is 5.56 Å². The van der Waals surface area contributed by atoms with E-state index < -0.39 is 16.1 Å². The molecule has 0 bridgehead atoms. The molecular weight excluding hydrogens is 312 g/mol. The van der Waals surface area contributed by atoms with Gasteiger partial charge in [0.2, 0.25) is 15.9 Å². The molecule has 1 fully saturated rings. The second kappa shape index (κ2) is 6.55. The highest BCUT2D eigenvalue weighted by atomic mass is 32.2. The summed E-state index contributed by atoms with van der Waals surface area (Å²) in [4.78, 5) is 31.8. The Morgan fingerprint density at radius 3 is 2.95 bits per heavy atom. The number of hydrogen-bond acceptors (Lipinski definition) is 6. The van der Waals surface area contributed by atoms with Crippen molar-refractivity contribution in [3.05, 3.63) is 27.9 Å². The van der Waals surface area contributed by atoms with Crippen molar-refractivity contribution in [1.29, 1.82) is 0 Å². The van der Waals surface area contributed by atoms with Gasteiger partial charge in [-0.15, -0.1) is 0 Å². The molecule has 1 aromatic heterocycles. The van der Waals surface area contributed by atoms with Crippen molar-refractivity contribution in [2.24, 2.45) is 0 Å². The summed E-state index contributed by atoms with van der Waals surface area (Å²) < 4.78 is 29.7. The molecule has 1 unspecified atom stereocenters. The van der Waals surface area contributed by atoms with Crippen LogP contribution < -0.4 is 10.3 Å². The minimum absolute atomic E-state index is 0.205.